The predicted molar refractivity (Wildman–Crippen MR) is 63.6 cm³/mol. The highest BCUT2D eigenvalue weighted by atomic mass is 16.2. The van der Waals surface area contributed by atoms with Crippen molar-refractivity contribution in [3.8, 4) is 6.07 Å². The van der Waals surface area contributed by atoms with Gasteiger partial charge in [-0.1, -0.05) is 19.9 Å². The third kappa shape index (κ3) is 3.10. The first-order valence-electron chi connectivity index (χ1n) is 5.99. The summed E-state index contributed by atoms with van der Waals surface area (Å²) < 4.78 is 0. The Balaban J connectivity index is 2.79. The molecule has 16 heavy (non-hydrogen) atoms. The number of rotatable bonds is 2. The van der Waals surface area contributed by atoms with E-state index in [1.807, 2.05) is 24.8 Å². The van der Waals surface area contributed by atoms with E-state index in [1.54, 1.807) is 6.08 Å². The molecule has 1 saturated heterocycles. The van der Waals surface area contributed by atoms with E-state index in [0.29, 0.717) is 5.57 Å². The van der Waals surface area contributed by atoms with Gasteiger partial charge in [-0.05, 0) is 32.1 Å². The first-order valence-corrected chi connectivity index (χ1v) is 5.99. The molecule has 0 unspecified atom stereocenters. The second-order valence-corrected chi connectivity index (χ2v) is 4.78. The third-order valence-electron chi connectivity index (χ3n) is 2.91. The molecule has 0 N–H and O–H groups in total. The van der Waals surface area contributed by atoms with Crippen LogP contribution in [0.4, 0.5) is 0 Å². The summed E-state index contributed by atoms with van der Waals surface area (Å²) in [6, 6.07) is 2.29. The monoisotopic (exact) mass is 220 g/mol. The molecule has 1 aliphatic rings. The number of amides is 1. The molecular weight excluding hydrogens is 200 g/mol. The lowest BCUT2D eigenvalue weighted by Gasteiger charge is -2.33. The van der Waals surface area contributed by atoms with E-state index < -0.39 is 0 Å². The van der Waals surface area contributed by atoms with Crippen LogP contribution in [0.2, 0.25) is 0 Å². The quantitative estimate of drug-likeness (QED) is 0.530. The number of hydrogen-bond acceptors (Lipinski definition) is 2. The molecule has 0 saturated carbocycles. The van der Waals surface area contributed by atoms with Crippen LogP contribution in [-0.4, -0.2) is 23.4 Å². The summed E-state index contributed by atoms with van der Waals surface area (Å²) in [5.41, 5.74) is 0.295. The lowest BCUT2D eigenvalue weighted by molar-refractivity contribution is -0.129. The molecule has 0 spiro atoms. The summed E-state index contributed by atoms with van der Waals surface area (Å²) >= 11 is 0. The molecule has 1 rings (SSSR count). The van der Waals surface area contributed by atoms with Crippen molar-refractivity contribution < 1.29 is 4.79 Å². The Kier molecular flexibility index (Phi) is 4.54. The van der Waals surface area contributed by atoms with E-state index >= 15 is 0 Å². The molecule has 88 valence electrons. The van der Waals surface area contributed by atoms with Gasteiger partial charge < -0.3 is 4.90 Å². The Morgan fingerprint density at radius 2 is 2.19 bits per heavy atom. The minimum Gasteiger partial charge on any atom is -0.335 e. The Morgan fingerprint density at radius 3 is 2.69 bits per heavy atom. The maximum atomic E-state index is 12.1. The molecule has 1 heterocycles. The number of carbonyl (C=O) groups excluding carboxylic acids is 1. The molecule has 3 nitrogen and oxygen atoms in total. The minimum atomic E-state index is -0.0941. The second kappa shape index (κ2) is 5.69. The number of likely N-dealkylation sites (tertiary alicyclic amines) is 1. The van der Waals surface area contributed by atoms with Crippen LogP contribution < -0.4 is 0 Å². The van der Waals surface area contributed by atoms with E-state index in [-0.39, 0.29) is 17.9 Å². The zero-order valence-electron chi connectivity index (χ0n) is 10.4. The van der Waals surface area contributed by atoms with E-state index in [0.717, 1.165) is 19.4 Å². The summed E-state index contributed by atoms with van der Waals surface area (Å²) in [6.07, 6.45) is 5.03. The van der Waals surface area contributed by atoms with Crippen LogP contribution >= 0.6 is 0 Å². The van der Waals surface area contributed by atoms with Gasteiger partial charge in [-0.3, -0.25) is 4.79 Å². The summed E-state index contributed by atoms with van der Waals surface area (Å²) in [7, 11) is 0. The van der Waals surface area contributed by atoms with Crippen molar-refractivity contribution in [2.45, 2.75) is 46.1 Å². The predicted octanol–water partition coefficient (Wildman–Crippen LogP) is 2.49. The van der Waals surface area contributed by atoms with Crippen LogP contribution in [0.1, 0.15) is 40.0 Å². The lowest BCUT2D eigenvalue weighted by atomic mass is 10.0. The van der Waals surface area contributed by atoms with Crippen molar-refractivity contribution in [1.29, 1.82) is 5.26 Å². The van der Waals surface area contributed by atoms with Gasteiger partial charge in [-0.15, -0.1) is 0 Å². The highest BCUT2D eigenvalue weighted by Gasteiger charge is 2.25. The molecule has 1 aliphatic heterocycles. The Labute approximate surface area is 97.7 Å². The SMILES string of the molecule is CC(C)C=C(C#N)C(=O)N1CCCC[C@H]1C. The van der Waals surface area contributed by atoms with Gasteiger partial charge in [0.2, 0.25) is 0 Å². The largest absolute Gasteiger partial charge is 0.335 e. The molecule has 3 heteroatoms. The van der Waals surface area contributed by atoms with Crippen LogP contribution in [0.15, 0.2) is 11.6 Å². The summed E-state index contributed by atoms with van der Waals surface area (Å²) in [5.74, 6) is 0.141. The first kappa shape index (κ1) is 12.8. The molecule has 0 aromatic rings. The molecule has 0 aromatic heterocycles. The van der Waals surface area contributed by atoms with Crippen molar-refractivity contribution in [3.63, 3.8) is 0 Å². The van der Waals surface area contributed by atoms with Crippen LogP contribution in [0.25, 0.3) is 0 Å². The fourth-order valence-corrected chi connectivity index (χ4v) is 2.04. The van der Waals surface area contributed by atoms with E-state index in [2.05, 4.69) is 6.92 Å². The highest BCUT2D eigenvalue weighted by molar-refractivity contribution is 5.97. The Morgan fingerprint density at radius 1 is 1.50 bits per heavy atom. The maximum absolute atomic E-state index is 12.1. The number of piperidine rings is 1. The van der Waals surface area contributed by atoms with Gasteiger partial charge in [-0.25, -0.2) is 0 Å². The van der Waals surface area contributed by atoms with E-state index in [1.165, 1.54) is 6.42 Å². The van der Waals surface area contributed by atoms with Crippen LogP contribution in [0.3, 0.4) is 0 Å². The minimum absolute atomic E-state index is 0.0941. The van der Waals surface area contributed by atoms with Crippen LogP contribution in [0.5, 0.6) is 0 Å². The average Bonchev–Trinajstić information content (AvgIpc) is 2.25. The summed E-state index contributed by atoms with van der Waals surface area (Å²) in [6.45, 7) is 6.80. The maximum Gasteiger partial charge on any atom is 0.264 e. The molecule has 1 amide bonds. The van der Waals surface area contributed by atoms with Gasteiger partial charge in [0.1, 0.15) is 11.6 Å². The summed E-state index contributed by atoms with van der Waals surface area (Å²) in [4.78, 5) is 13.9. The van der Waals surface area contributed by atoms with Gasteiger partial charge in [0, 0.05) is 12.6 Å². The molecule has 0 radical (unpaired) electrons. The van der Waals surface area contributed by atoms with Gasteiger partial charge in [0.25, 0.3) is 5.91 Å². The number of nitriles is 1. The van der Waals surface area contributed by atoms with Crippen molar-refractivity contribution >= 4 is 5.91 Å². The topological polar surface area (TPSA) is 44.1 Å². The second-order valence-electron chi connectivity index (χ2n) is 4.78. The Hall–Kier alpha value is -1.30. The Bertz CT molecular complexity index is 325. The molecular formula is C13H20N2O. The standard InChI is InChI=1S/C13H20N2O/c1-10(2)8-12(9-14)13(16)15-7-5-4-6-11(15)3/h8,10-11H,4-7H2,1-3H3/t11-/m1/s1. The van der Waals surface area contributed by atoms with E-state index in [4.69, 9.17) is 5.26 Å². The fourth-order valence-electron chi connectivity index (χ4n) is 2.04. The van der Waals surface area contributed by atoms with Gasteiger partial charge in [0.15, 0.2) is 0 Å². The number of allylic oxidation sites excluding steroid dienone is 1. The van der Waals surface area contributed by atoms with Gasteiger partial charge >= 0.3 is 0 Å². The smallest absolute Gasteiger partial charge is 0.264 e. The number of hydrogen-bond donors (Lipinski definition) is 0. The van der Waals surface area contributed by atoms with Crippen molar-refractivity contribution in [2.24, 2.45) is 5.92 Å². The molecule has 1 fully saturated rings. The normalized spacial score (nSPS) is 22.1. The summed E-state index contributed by atoms with van der Waals surface area (Å²) in [5, 5.41) is 9.00. The highest BCUT2D eigenvalue weighted by Crippen LogP contribution is 2.19. The number of nitrogens with zero attached hydrogens (tertiary/aromatic N) is 2. The molecule has 0 bridgehead atoms. The average molecular weight is 220 g/mol. The number of carbonyl (C=O) groups is 1. The third-order valence-corrected chi connectivity index (χ3v) is 2.91. The van der Waals surface area contributed by atoms with Crippen LogP contribution in [0, 0.1) is 17.2 Å². The molecule has 1 atom stereocenters. The van der Waals surface area contributed by atoms with Crippen molar-refractivity contribution in [1.82, 2.24) is 4.90 Å². The molecule has 0 aliphatic carbocycles. The van der Waals surface area contributed by atoms with Crippen molar-refractivity contribution in [3.05, 3.63) is 11.6 Å². The lowest BCUT2D eigenvalue weighted by Crippen LogP contribution is -2.42. The van der Waals surface area contributed by atoms with E-state index in [9.17, 15) is 4.79 Å². The molecule has 0 aromatic carbocycles. The fraction of sp³-hybridized carbons (Fsp3) is 0.692. The van der Waals surface area contributed by atoms with Gasteiger partial charge in [0.05, 0.1) is 0 Å². The zero-order chi connectivity index (χ0) is 12.1. The van der Waals surface area contributed by atoms with Gasteiger partial charge in [-0.2, -0.15) is 5.26 Å². The zero-order valence-corrected chi connectivity index (χ0v) is 10.4. The van der Waals surface area contributed by atoms with Crippen molar-refractivity contribution in [2.75, 3.05) is 6.54 Å². The first-order chi connectivity index (χ1) is 7.56. The van der Waals surface area contributed by atoms with Crippen LogP contribution in [-0.2, 0) is 4.79 Å².